The minimum absolute atomic E-state index is 0.160. The molecule has 3 aromatic rings. The maximum absolute atomic E-state index is 13.4. The molecule has 328 valence electrons. The Balaban J connectivity index is 1.08. The Bertz CT molecular complexity index is 1840. The molecule has 0 saturated carbocycles. The summed E-state index contributed by atoms with van der Waals surface area (Å²) < 4.78 is 51.6. The van der Waals surface area contributed by atoms with E-state index in [0.717, 1.165) is 24.8 Å². The van der Waals surface area contributed by atoms with Gasteiger partial charge in [0.25, 0.3) is 0 Å². The van der Waals surface area contributed by atoms with Crippen molar-refractivity contribution in [3.8, 4) is 6.07 Å². The topological polar surface area (TPSA) is 173 Å². The molecular weight excluding hydrogens is 793 g/mol. The number of anilines is 1. The van der Waals surface area contributed by atoms with Gasteiger partial charge in [0, 0.05) is 5.02 Å². The van der Waals surface area contributed by atoms with E-state index in [2.05, 4.69) is 23.1 Å². The predicted molar refractivity (Wildman–Crippen MR) is 229 cm³/mol. The Morgan fingerprint density at radius 2 is 1.54 bits per heavy atom. The van der Waals surface area contributed by atoms with Gasteiger partial charge in [0.15, 0.2) is 11.6 Å². The van der Waals surface area contributed by atoms with E-state index < -0.39 is 43.6 Å². The van der Waals surface area contributed by atoms with E-state index in [1.807, 2.05) is 19.9 Å². The van der Waals surface area contributed by atoms with Crippen LogP contribution in [-0.4, -0.2) is 62.4 Å². The molecule has 6 atom stereocenters. The van der Waals surface area contributed by atoms with E-state index in [-0.39, 0.29) is 19.8 Å². The number of nitrogens with two attached hydrogens (primary N) is 1. The molecular formula is C44H67ClN5O8P. The molecule has 3 N–H and O–H groups in total. The van der Waals surface area contributed by atoms with Gasteiger partial charge in [-0.3, -0.25) is 9.05 Å². The van der Waals surface area contributed by atoms with Gasteiger partial charge in [-0.05, 0) is 63.1 Å². The molecule has 15 heteroatoms. The Kier molecular flexibility index (Phi) is 18.5. The number of hydrogen-bond donors (Lipinski definition) is 2. The van der Waals surface area contributed by atoms with Crippen molar-refractivity contribution in [3.05, 3.63) is 58.5 Å². The smallest absolute Gasteiger partial charge is 0.382 e. The van der Waals surface area contributed by atoms with Crippen LogP contribution < -0.4 is 5.73 Å². The lowest BCUT2D eigenvalue weighted by Gasteiger charge is -2.31. The zero-order valence-corrected chi connectivity index (χ0v) is 37.3. The molecule has 13 nitrogen and oxygen atoms in total. The second-order valence-corrected chi connectivity index (χ2v) is 18.8. The number of hydrogen-bond acceptors (Lipinski definition) is 11. The molecule has 5 rings (SSSR count). The number of halogens is 1. The average molecular weight is 860 g/mol. The average Bonchev–Trinajstić information content (AvgIpc) is 3.86. The predicted octanol–water partition coefficient (Wildman–Crippen LogP) is 10.9. The molecule has 2 fully saturated rings. The first-order valence-electron chi connectivity index (χ1n) is 21.9. The summed E-state index contributed by atoms with van der Waals surface area (Å²) in [6.45, 7) is 7.32. The summed E-state index contributed by atoms with van der Waals surface area (Å²) in [5, 5.41) is 14.2. The van der Waals surface area contributed by atoms with Crippen molar-refractivity contribution in [1.29, 1.82) is 5.26 Å². The molecule has 0 radical (unpaired) electrons. The van der Waals surface area contributed by atoms with Crippen molar-refractivity contribution in [2.45, 2.75) is 186 Å². The summed E-state index contributed by atoms with van der Waals surface area (Å²) >= 11 is 6.24. The van der Waals surface area contributed by atoms with E-state index in [1.54, 1.807) is 35.7 Å². The highest BCUT2D eigenvalue weighted by atomic mass is 35.5. The van der Waals surface area contributed by atoms with Crippen LogP contribution >= 0.6 is 19.4 Å². The molecule has 0 bridgehead atoms. The fourth-order valence-electron chi connectivity index (χ4n) is 8.19. The van der Waals surface area contributed by atoms with E-state index in [9.17, 15) is 14.7 Å². The summed E-state index contributed by atoms with van der Waals surface area (Å²) in [5.41, 5.74) is 7.34. The normalized spacial score (nSPS) is 22.7. The van der Waals surface area contributed by atoms with Crippen LogP contribution in [0.5, 0.6) is 0 Å². The second-order valence-electron chi connectivity index (χ2n) is 16.9. The molecule has 2 aromatic heterocycles. The van der Waals surface area contributed by atoms with Gasteiger partial charge in [-0.15, -0.1) is 0 Å². The first-order valence-corrected chi connectivity index (χ1v) is 23.7. The third kappa shape index (κ3) is 14.5. The lowest BCUT2D eigenvalue weighted by Crippen LogP contribution is -2.44. The number of rotatable bonds is 28. The van der Waals surface area contributed by atoms with Crippen molar-refractivity contribution < 1.29 is 37.5 Å². The number of benzene rings is 1. The third-order valence-corrected chi connectivity index (χ3v) is 12.5. The summed E-state index contributed by atoms with van der Waals surface area (Å²) in [4.78, 5) is 15.0. The molecule has 2 aliphatic heterocycles. The summed E-state index contributed by atoms with van der Waals surface area (Å²) in [5.74, 6) is -0.617. The number of nitrogens with zero attached hydrogens (tertiary/aromatic N) is 4. The standard InChI is InChI=1S/C44H67ClN5O8P/c1-5-6-7-8-9-10-11-12-13-14-15-16-17-18-19-20-21-22-36(53-29-34-25-33(28-46)26-35(45)27-34)30-54-59(51,52)55-31-44(4)41-40(56-43(2,3)58-41)39(57-44)37-23-24-38-42(47)48-32-49-50(37)38/h23-27,32,36,39-41H,5-22,29-31H2,1-4H3,(H,51,52)(H2,47,48,49)/t36-,39+,40+,41+,44-/m1/s1. The summed E-state index contributed by atoms with van der Waals surface area (Å²) in [7, 11) is -4.59. The first-order chi connectivity index (χ1) is 28.3. The summed E-state index contributed by atoms with van der Waals surface area (Å²) in [6.07, 6.45) is 21.4. The highest BCUT2D eigenvalue weighted by molar-refractivity contribution is 7.47. The lowest BCUT2D eigenvalue weighted by atomic mass is 9.97. The van der Waals surface area contributed by atoms with Crippen LogP contribution in [-0.2, 0) is 39.2 Å². The van der Waals surface area contributed by atoms with Crippen molar-refractivity contribution in [2.75, 3.05) is 18.9 Å². The van der Waals surface area contributed by atoms with Gasteiger partial charge in [0.2, 0.25) is 0 Å². The van der Waals surface area contributed by atoms with Crippen molar-refractivity contribution in [2.24, 2.45) is 0 Å². The fourth-order valence-corrected chi connectivity index (χ4v) is 9.30. The minimum atomic E-state index is -4.59. The molecule has 2 aliphatic rings. The molecule has 0 amide bonds. The number of aromatic nitrogens is 3. The number of unbranched alkanes of at least 4 members (excludes halogenated alkanes) is 16. The zero-order valence-electron chi connectivity index (χ0n) is 35.6. The largest absolute Gasteiger partial charge is 0.472 e. The Morgan fingerprint density at radius 1 is 0.915 bits per heavy atom. The Hall–Kier alpha value is -2.63. The van der Waals surface area contributed by atoms with E-state index >= 15 is 0 Å². The minimum Gasteiger partial charge on any atom is -0.382 e. The van der Waals surface area contributed by atoms with Crippen molar-refractivity contribution in [1.82, 2.24) is 14.6 Å². The zero-order chi connectivity index (χ0) is 42.3. The monoisotopic (exact) mass is 859 g/mol. The number of phosphoric ester groups is 1. The number of ether oxygens (including phenoxy) is 4. The molecule has 2 saturated heterocycles. The van der Waals surface area contributed by atoms with Crippen LogP contribution in [0.15, 0.2) is 36.7 Å². The van der Waals surface area contributed by atoms with Crippen LogP contribution in [0.1, 0.15) is 166 Å². The van der Waals surface area contributed by atoms with Gasteiger partial charge in [0.05, 0.1) is 43.3 Å². The van der Waals surface area contributed by atoms with Gasteiger partial charge in [-0.25, -0.2) is 14.1 Å². The number of phosphoric acid groups is 1. The maximum Gasteiger partial charge on any atom is 0.472 e. The second kappa shape index (κ2) is 23.0. The molecule has 4 heterocycles. The SMILES string of the molecule is CCCCCCCCCCCCCCCCCCC[C@H](COP(=O)(O)OC[C@@]1(C)O[C@@H](c2ccc3c(N)ncnn23)[C@@H]2OC(C)(C)O[C@@H]21)OCc1cc(Cl)cc(C#N)c1. The highest BCUT2D eigenvalue weighted by Crippen LogP contribution is 2.52. The Labute approximate surface area is 356 Å². The fraction of sp³-hybridized carbons (Fsp3) is 0.705. The van der Waals surface area contributed by atoms with Crippen LogP contribution in [0.3, 0.4) is 0 Å². The van der Waals surface area contributed by atoms with Gasteiger partial charge in [-0.1, -0.05) is 128 Å². The quantitative estimate of drug-likeness (QED) is 0.0523. The van der Waals surface area contributed by atoms with Crippen molar-refractivity contribution in [3.63, 3.8) is 0 Å². The Morgan fingerprint density at radius 3 is 2.17 bits per heavy atom. The highest BCUT2D eigenvalue weighted by Gasteiger charge is 2.62. The molecule has 0 spiro atoms. The maximum atomic E-state index is 13.4. The number of fused-ring (bicyclic) bond motifs is 2. The van der Waals surface area contributed by atoms with Crippen LogP contribution in [0.4, 0.5) is 5.82 Å². The van der Waals surface area contributed by atoms with Gasteiger partial charge < -0.3 is 29.6 Å². The van der Waals surface area contributed by atoms with Crippen LogP contribution in [0.25, 0.3) is 5.52 Å². The molecule has 59 heavy (non-hydrogen) atoms. The molecule has 1 unspecified atom stereocenters. The van der Waals surface area contributed by atoms with E-state index in [4.69, 9.17) is 45.3 Å². The molecule has 1 aromatic carbocycles. The van der Waals surface area contributed by atoms with Gasteiger partial charge >= 0.3 is 7.82 Å². The van der Waals surface area contributed by atoms with Crippen molar-refractivity contribution >= 4 is 30.8 Å². The first kappa shape index (κ1) is 47.4. The summed E-state index contributed by atoms with van der Waals surface area (Å²) in [6, 6.07) is 10.8. The number of nitrogen functional groups attached to an aromatic ring is 1. The lowest BCUT2D eigenvalue weighted by molar-refractivity contribution is -0.212. The van der Waals surface area contributed by atoms with Gasteiger partial charge in [0.1, 0.15) is 35.8 Å². The van der Waals surface area contributed by atoms with Crippen LogP contribution in [0, 0.1) is 11.3 Å². The van der Waals surface area contributed by atoms with E-state index in [0.29, 0.717) is 34.0 Å². The third-order valence-electron chi connectivity index (χ3n) is 11.4. The molecule has 0 aliphatic carbocycles. The van der Waals surface area contributed by atoms with Gasteiger partial charge in [-0.2, -0.15) is 10.4 Å². The van der Waals surface area contributed by atoms with E-state index in [1.165, 1.54) is 96.2 Å². The van der Waals surface area contributed by atoms with Crippen LogP contribution in [0.2, 0.25) is 5.02 Å². The number of nitriles is 1.